The highest BCUT2D eigenvalue weighted by Gasteiger charge is 2.30. The second-order valence-electron chi connectivity index (χ2n) is 4.89. The van der Waals surface area contributed by atoms with Gasteiger partial charge in [0.25, 0.3) is 0 Å². The molecule has 2 nitrogen and oxygen atoms in total. The molecule has 20 heavy (non-hydrogen) atoms. The van der Waals surface area contributed by atoms with E-state index in [9.17, 15) is 8.42 Å². The summed E-state index contributed by atoms with van der Waals surface area (Å²) in [7, 11) is -2.94. The average Bonchev–Trinajstić information content (AvgIpc) is 2.45. The number of sulfone groups is 1. The van der Waals surface area contributed by atoms with Gasteiger partial charge in [-0.2, -0.15) is 0 Å². The first kappa shape index (κ1) is 18.3. The van der Waals surface area contributed by atoms with Crippen molar-refractivity contribution in [3.63, 3.8) is 0 Å². The van der Waals surface area contributed by atoms with Crippen molar-refractivity contribution >= 4 is 49.0 Å². The smallest absolute Gasteiger partial charge is 0.150 e. The molecule has 0 aromatic heterocycles. The van der Waals surface area contributed by atoms with Crippen LogP contribution in [0.4, 0.5) is 0 Å². The first-order chi connectivity index (χ1) is 9.39. The number of benzene rings is 1. The van der Waals surface area contributed by atoms with Gasteiger partial charge in [0.2, 0.25) is 0 Å². The van der Waals surface area contributed by atoms with Crippen molar-refractivity contribution in [2.45, 2.75) is 25.2 Å². The van der Waals surface area contributed by atoms with E-state index in [0.717, 1.165) is 10.0 Å². The van der Waals surface area contributed by atoms with Crippen LogP contribution in [0.3, 0.4) is 0 Å². The van der Waals surface area contributed by atoms with Gasteiger partial charge in [-0.3, -0.25) is 0 Å². The van der Waals surface area contributed by atoms with Gasteiger partial charge in [0, 0.05) is 27.4 Å². The van der Waals surface area contributed by atoms with E-state index in [2.05, 4.69) is 15.9 Å². The van der Waals surface area contributed by atoms with Crippen LogP contribution in [0.1, 0.15) is 25.3 Å². The Morgan fingerprint density at radius 2 is 1.70 bits per heavy atom. The summed E-state index contributed by atoms with van der Waals surface area (Å²) < 4.78 is 24.1. The van der Waals surface area contributed by atoms with Gasteiger partial charge in [-0.05, 0) is 30.5 Å². The summed E-state index contributed by atoms with van der Waals surface area (Å²) in [5.41, 5.74) is 0.687. The largest absolute Gasteiger partial charge is 0.229 e. The summed E-state index contributed by atoms with van der Waals surface area (Å²) in [5, 5.41) is 0. The van der Waals surface area contributed by atoms with E-state index in [1.54, 1.807) is 6.92 Å². The van der Waals surface area contributed by atoms with Crippen molar-refractivity contribution in [3.05, 3.63) is 34.3 Å². The molecular formula is C14H19BrCl2O2S. The van der Waals surface area contributed by atoms with Crippen LogP contribution < -0.4 is 0 Å². The molecule has 0 aliphatic rings. The molecule has 0 saturated carbocycles. The molecular weight excluding hydrogens is 383 g/mol. The highest BCUT2D eigenvalue weighted by atomic mass is 79.9. The maximum Gasteiger partial charge on any atom is 0.150 e. The molecule has 1 aromatic carbocycles. The number of halogens is 3. The Labute approximate surface area is 139 Å². The lowest BCUT2D eigenvalue weighted by Gasteiger charge is -2.30. The Bertz CT molecular complexity index is 510. The third-order valence-electron chi connectivity index (χ3n) is 3.52. The quantitative estimate of drug-likeness (QED) is 0.605. The first-order valence-electron chi connectivity index (χ1n) is 6.47. The zero-order valence-corrected chi connectivity index (χ0v) is 15.3. The Morgan fingerprint density at radius 3 is 2.15 bits per heavy atom. The van der Waals surface area contributed by atoms with Crippen LogP contribution in [0.25, 0.3) is 0 Å². The summed E-state index contributed by atoms with van der Waals surface area (Å²) in [4.78, 5) is 0. The molecule has 0 aliphatic heterocycles. The molecule has 0 fully saturated rings. The Balaban J connectivity index is 2.84. The number of hydrogen-bond donors (Lipinski definition) is 0. The lowest BCUT2D eigenvalue weighted by molar-refractivity contribution is 0.483. The number of rotatable bonds is 8. The maximum atomic E-state index is 11.6. The molecule has 0 atom stereocenters. The van der Waals surface area contributed by atoms with Gasteiger partial charge in [0.15, 0.2) is 0 Å². The molecule has 0 amide bonds. The van der Waals surface area contributed by atoms with E-state index < -0.39 is 9.84 Å². The van der Waals surface area contributed by atoms with Crippen LogP contribution in [-0.2, 0) is 15.3 Å². The minimum absolute atomic E-state index is 0.181. The summed E-state index contributed by atoms with van der Waals surface area (Å²) in [6, 6.07) is 7.88. The Hall–Kier alpha value is 0.230. The molecule has 0 saturated heterocycles. The van der Waals surface area contributed by atoms with Gasteiger partial charge in [0.05, 0.1) is 5.75 Å². The second kappa shape index (κ2) is 8.02. The predicted octanol–water partition coefficient (Wildman–Crippen LogP) is 4.38. The lowest BCUT2D eigenvalue weighted by atomic mass is 9.80. The van der Waals surface area contributed by atoms with Gasteiger partial charge in [-0.25, -0.2) is 8.42 Å². The second-order valence-corrected chi connectivity index (χ2v) is 8.82. The van der Waals surface area contributed by atoms with E-state index in [1.807, 2.05) is 24.3 Å². The third-order valence-corrected chi connectivity index (χ3v) is 6.86. The topological polar surface area (TPSA) is 34.1 Å². The normalized spacial score (nSPS) is 12.6. The van der Waals surface area contributed by atoms with Gasteiger partial charge >= 0.3 is 0 Å². The molecule has 1 rings (SSSR count). The van der Waals surface area contributed by atoms with E-state index in [4.69, 9.17) is 23.2 Å². The van der Waals surface area contributed by atoms with Crippen molar-refractivity contribution < 1.29 is 8.42 Å². The monoisotopic (exact) mass is 400 g/mol. The van der Waals surface area contributed by atoms with Crippen molar-refractivity contribution in [2.24, 2.45) is 0 Å². The van der Waals surface area contributed by atoms with Crippen LogP contribution in [0.5, 0.6) is 0 Å². The standard InChI is InChI=1S/C14H19BrCl2O2S/c1-2-20(18,19)9-3-8-14(10-16,11-17)12-4-6-13(15)7-5-12/h4-7H,2-3,8-11H2,1H3. The molecule has 1 aromatic rings. The summed E-state index contributed by atoms with van der Waals surface area (Å²) in [6.07, 6.45) is 1.24. The molecule has 0 spiro atoms. The van der Waals surface area contributed by atoms with E-state index in [0.29, 0.717) is 24.6 Å². The van der Waals surface area contributed by atoms with Crippen molar-refractivity contribution in [1.29, 1.82) is 0 Å². The molecule has 0 N–H and O–H groups in total. The average molecular weight is 402 g/mol. The maximum absolute atomic E-state index is 11.6. The molecule has 0 aliphatic carbocycles. The predicted molar refractivity (Wildman–Crippen MR) is 90.8 cm³/mol. The lowest BCUT2D eigenvalue weighted by Crippen LogP contribution is -2.31. The molecule has 0 unspecified atom stereocenters. The van der Waals surface area contributed by atoms with Crippen molar-refractivity contribution in [2.75, 3.05) is 23.3 Å². The minimum atomic E-state index is -2.94. The van der Waals surface area contributed by atoms with Gasteiger partial charge in [0.1, 0.15) is 9.84 Å². The van der Waals surface area contributed by atoms with Crippen LogP contribution in [0.2, 0.25) is 0 Å². The van der Waals surface area contributed by atoms with E-state index in [-0.39, 0.29) is 16.9 Å². The summed E-state index contributed by atoms with van der Waals surface area (Å²) >= 11 is 15.7. The van der Waals surface area contributed by atoms with Crippen LogP contribution >= 0.6 is 39.1 Å². The van der Waals surface area contributed by atoms with Crippen LogP contribution in [-0.4, -0.2) is 31.7 Å². The van der Waals surface area contributed by atoms with Gasteiger partial charge < -0.3 is 0 Å². The summed E-state index contributed by atoms with van der Waals surface area (Å²) in [5.74, 6) is 1.13. The SMILES string of the molecule is CCS(=O)(=O)CCCC(CCl)(CCl)c1ccc(Br)cc1. The van der Waals surface area contributed by atoms with Crippen molar-refractivity contribution in [1.82, 2.24) is 0 Å². The van der Waals surface area contributed by atoms with E-state index in [1.165, 1.54) is 0 Å². The zero-order chi connectivity index (χ0) is 15.2. The zero-order valence-electron chi connectivity index (χ0n) is 11.4. The molecule has 114 valence electrons. The highest BCUT2D eigenvalue weighted by molar-refractivity contribution is 9.10. The minimum Gasteiger partial charge on any atom is -0.229 e. The fourth-order valence-electron chi connectivity index (χ4n) is 2.05. The van der Waals surface area contributed by atoms with Crippen molar-refractivity contribution in [3.8, 4) is 0 Å². The summed E-state index contributed by atoms with van der Waals surface area (Å²) in [6.45, 7) is 1.67. The van der Waals surface area contributed by atoms with Crippen LogP contribution in [0, 0.1) is 0 Å². The molecule has 0 bridgehead atoms. The molecule has 6 heteroatoms. The Kier molecular flexibility index (Phi) is 7.33. The van der Waals surface area contributed by atoms with E-state index >= 15 is 0 Å². The third kappa shape index (κ3) is 4.90. The van der Waals surface area contributed by atoms with Gasteiger partial charge in [-0.1, -0.05) is 35.0 Å². The molecule has 0 radical (unpaired) electrons. The number of hydrogen-bond acceptors (Lipinski definition) is 2. The number of alkyl halides is 2. The van der Waals surface area contributed by atoms with Gasteiger partial charge in [-0.15, -0.1) is 23.2 Å². The molecule has 0 heterocycles. The Morgan fingerprint density at radius 1 is 1.15 bits per heavy atom. The highest BCUT2D eigenvalue weighted by Crippen LogP contribution is 2.33. The fourth-order valence-corrected chi connectivity index (χ4v) is 4.04. The first-order valence-corrected chi connectivity index (χ1v) is 10.2. The van der Waals surface area contributed by atoms with Crippen LogP contribution in [0.15, 0.2) is 28.7 Å². The fraction of sp³-hybridized carbons (Fsp3) is 0.571.